The van der Waals surface area contributed by atoms with Gasteiger partial charge >= 0.3 is 5.97 Å². The summed E-state index contributed by atoms with van der Waals surface area (Å²) in [7, 11) is 1.63. The quantitative estimate of drug-likeness (QED) is 0.436. The van der Waals surface area contributed by atoms with Crippen LogP contribution in [0.1, 0.15) is 26.7 Å². The molecule has 90 valence electrons. The van der Waals surface area contributed by atoms with Gasteiger partial charge in [0.2, 0.25) is 0 Å². The molecule has 0 atom stereocenters. The SMILES string of the molecule is COCCOCCCC(=O)OCC(C)C. The number of hydrogen-bond acceptors (Lipinski definition) is 4. The molecule has 0 spiro atoms. The van der Waals surface area contributed by atoms with Crippen molar-refractivity contribution in [2.75, 3.05) is 33.5 Å². The van der Waals surface area contributed by atoms with E-state index in [9.17, 15) is 4.79 Å². The van der Waals surface area contributed by atoms with Crippen molar-refractivity contribution in [3.05, 3.63) is 0 Å². The first-order chi connectivity index (χ1) is 7.16. The molecule has 0 aliphatic carbocycles. The lowest BCUT2D eigenvalue weighted by atomic mass is 10.2. The molecule has 4 nitrogen and oxygen atoms in total. The molecular weight excluding hydrogens is 196 g/mol. The molecule has 0 aromatic carbocycles. The van der Waals surface area contributed by atoms with Gasteiger partial charge in [0.25, 0.3) is 0 Å². The molecule has 0 aromatic rings. The second-order valence-electron chi connectivity index (χ2n) is 3.79. The van der Waals surface area contributed by atoms with E-state index in [0.29, 0.717) is 45.2 Å². The molecule has 0 aliphatic rings. The van der Waals surface area contributed by atoms with Crippen LogP contribution in [0.25, 0.3) is 0 Å². The predicted octanol–water partition coefficient (Wildman–Crippen LogP) is 1.63. The third-order valence-corrected chi connectivity index (χ3v) is 1.68. The molecule has 0 radical (unpaired) electrons. The van der Waals surface area contributed by atoms with Crippen LogP contribution in [0.3, 0.4) is 0 Å². The number of methoxy groups -OCH3 is 1. The minimum absolute atomic E-state index is 0.140. The van der Waals surface area contributed by atoms with Gasteiger partial charge in [-0.2, -0.15) is 0 Å². The summed E-state index contributed by atoms with van der Waals surface area (Å²) in [5.41, 5.74) is 0. The summed E-state index contributed by atoms with van der Waals surface area (Å²) in [4.78, 5) is 11.1. The van der Waals surface area contributed by atoms with Crippen LogP contribution in [0.15, 0.2) is 0 Å². The van der Waals surface area contributed by atoms with Crippen LogP contribution in [0.4, 0.5) is 0 Å². The van der Waals surface area contributed by atoms with E-state index in [1.807, 2.05) is 13.8 Å². The fourth-order valence-corrected chi connectivity index (χ4v) is 0.895. The van der Waals surface area contributed by atoms with Gasteiger partial charge < -0.3 is 14.2 Å². The highest BCUT2D eigenvalue weighted by Gasteiger charge is 2.03. The van der Waals surface area contributed by atoms with Crippen molar-refractivity contribution >= 4 is 5.97 Å². The monoisotopic (exact) mass is 218 g/mol. The Balaban J connectivity index is 3.17. The fraction of sp³-hybridized carbons (Fsp3) is 0.909. The van der Waals surface area contributed by atoms with Crippen molar-refractivity contribution in [3.8, 4) is 0 Å². The summed E-state index contributed by atoms with van der Waals surface area (Å²) >= 11 is 0. The van der Waals surface area contributed by atoms with Crippen LogP contribution >= 0.6 is 0 Å². The third kappa shape index (κ3) is 11.3. The Labute approximate surface area is 91.9 Å². The third-order valence-electron chi connectivity index (χ3n) is 1.68. The Morgan fingerprint density at radius 3 is 2.53 bits per heavy atom. The Bertz CT molecular complexity index is 157. The van der Waals surface area contributed by atoms with Crippen LogP contribution in [-0.2, 0) is 19.0 Å². The van der Waals surface area contributed by atoms with E-state index in [0.717, 1.165) is 0 Å². The molecular formula is C11H22O4. The molecule has 0 aliphatic heterocycles. The molecule has 15 heavy (non-hydrogen) atoms. The normalized spacial score (nSPS) is 10.7. The van der Waals surface area contributed by atoms with Gasteiger partial charge in [-0.3, -0.25) is 4.79 Å². The van der Waals surface area contributed by atoms with Gasteiger partial charge in [0.05, 0.1) is 19.8 Å². The highest BCUT2D eigenvalue weighted by molar-refractivity contribution is 5.69. The standard InChI is InChI=1S/C11H22O4/c1-10(2)9-15-11(12)5-4-6-14-8-7-13-3/h10H,4-9H2,1-3H3. The van der Waals surface area contributed by atoms with E-state index in [4.69, 9.17) is 14.2 Å². The van der Waals surface area contributed by atoms with Crippen LogP contribution in [-0.4, -0.2) is 39.5 Å². The molecule has 0 amide bonds. The summed E-state index contributed by atoms with van der Waals surface area (Å²) in [5.74, 6) is 0.256. The number of ether oxygens (including phenoxy) is 3. The molecule has 0 N–H and O–H groups in total. The highest BCUT2D eigenvalue weighted by Crippen LogP contribution is 1.98. The maximum atomic E-state index is 11.1. The maximum absolute atomic E-state index is 11.1. The van der Waals surface area contributed by atoms with Crippen molar-refractivity contribution in [1.82, 2.24) is 0 Å². The predicted molar refractivity (Wildman–Crippen MR) is 57.7 cm³/mol. The molecule has 4 heteroatoms. The zero-order chi connectivity index (χ0) is 11.5. The molecule has 0 fully saturated rings. The Morgan fingerprint density at radius 2 is 1.93 bits per heavy atom. The van der Waals surface area contributed by atoms with Crippen LogP contribution in [0.2, 0.25) is 0 Å². The number of carbonyl (C=O) groups excluding carboxylic acids is 1. The van der Waals surface area contributed by atoms with Crippen LogP contribution in [0.5, 0.6) is 0 Å². The summed E-state index contributed by atoms with van der Waals surface area (Å²) in [5, 5.41) is 0. The Kier molecular flexibility index (Phi) is 9.52. The van der Waals surface area contributed by atoms with Gasteiger partial charge in [0, 0.05) is 20.1 Å². The Hall–Kier alpha value is -0.610. The number of esters is 1. The van der Waals surface area contributed by atoms with Crippen molar-refractivity contribution in [2.24, 2.45) is 5.92 Å². The topological polar surface area (TPSA) is 44.8 Å². The van der Waals surface area contributed by atoms with Crippen LogP contribution in [0, 0.1) is 5.92 Å². The average Bonchev–Trinajstić information content (AvgIpc) is 2.20. The first kappa shape index (κ1) is 14.4. The fourth-order valence-electron chi connectivity index (χ4n) is 0.895. The molecule has 0 heterocycles. The lowest BCUT2D eigenvalue weighted by molar-refractivity contribution is -0.145. The zero-order valence-corrected chi connectivity index (χ0v) is 9.95. The lowest BCUT2D eigenvalue weighted by Gasteiger charge is -2.07. The largest absolute Gasteiger partial charge is 0.465 e. The maximum Gasteiger partial charge on any atom is 0.305 e. The van der Waals surface area contributed by atoms with E-state index >= 15 is 0 Å². The minimum atomic E-state index is -0.140. The molecule has 0 bridgehead atoms. The van der Waals surface area contributed by atoms with E-state index in [2.05, 4.69) is 0 Å². The molecule has 0 rings (SSSR count). The second kappa shape index (κ2) is 9.93. The second-order valence-corrected chi connectivity index (χ2v) is 3.79. The number of hydrogen-bond donors (Lipinski definition) is 0. The van der Waals surface area contributed by atoms with E-state index in [1.165, 1.54) is 0 Å². The first-order valence-corrected chi connectivity index (χ1v) is 5.39. The summed E-state index contributed by atoms with van der Waals surface area (Å²) in [6.45, 7) is 6.29. The van der Waals surface area contributed by atoms with Gasteiger partial charge in [-0.25, -0.2) is 0 Å². The Morgan fingerprint density at radius 1 is 1.20 bits per heavy atom. The molecule has 0 aromatic heterocycles. The number of carbonyl (C=O) groups is 1. The van der Waals surface area contributed by atoms with E-state index in [1.54, 1.807) is 7.11 Å². The van der Waals surface area contributed by atoms with Crippen molar-refractivity contribution in [1.29, 1.82) is 0 Å². The molecule has 0 unspecified atom stereocenters. The van der Waals surface area contributed by atoms with Crippen LogP contribution < -0.4 is 0 Å². The smallest absolute Gasteiger partial charge is 0.305 e. The van der Waals surface area contributed by atoms with Crippen molar-refractivity contribution < 1.29 is 19.0 Å². The van der Waals surface area contributed by atoms with E-state index in [-0.39, 0.29) is 5.97 Å². The zero-order valence-electron chi connectivity index (χ0n) is 9.95. The van der Waals surface area contributed by atoms with Gasteiger partial charge in [0.1, 0.15) is 0 Å². The van der Waals surface area contributed by atoms with Crippen molar-refractivity contribution in [3.63, 3.8) is 0 Å². The summed E-state index contributed by atoms with van der Waals surface area (Å²) in [6.07, 6.45) is 1.14. The molecule has 0 saturated carbocycles. The van der Waals surface area contributed by atoms with Gasteiger partial charge in [0.15, 0.2) is 0 Å². The lowest BCUT2D eigenvalue weighted by Crippen LogP contribution is -2.11. The van der Waals surface area contributed by atoms with Gasteiger partial charge in [-0.15, -0.1) is 0 Å². The van der Waals surface area contributed by atoms with Crippen molar-refractivity contribution in [2.45, 2.75) is 26.7 Å². The van der Waals surface area contributed by atoms with E-state index < -0.39 is 0 Å². The first-order valence-electron chi connectivity index (χ1n) is 5.39. The average molecular weight is 218 g/mol. The highest BCUT2D eigenvalue weighted by atomic mass is 16.5. The molecule has 0 saturated heterocycles. The number of rotatable bonds is 9. The van der Waals surface area contributed by atoms with Gasteiger partial charge in [-0.1, -0.05) is 13.8 Å². The van der Waals surface area contributed by atoms with Gasteiger partial charge in [-0.05, 0) is 12.3 Å². The summed E-state index contributed by atoms with van der Waals surface area (Å²) < 4.78 is 15.0. The summed E-state index contributed by atoms with van der Waals surface area (Å²) in [6, 6.07) is 0. The minimum Gasteiger partial charge on any atom is -0.465 e.